The van der Waals surface area contributed by atoms with Crippen molar-refractivity contribution in [1.82, 2.24) is 20.1 Å². The van der Waals surface area contributed by atoms with Crippen LogP contribution < -0.4 is 9.64 Å². The second-order valence-electron chi connectivity index (χ2n) is 6.86. The number of aromatic nitrogens is 3. The van der Waals surface area contributed by atoms with Crippen molar-refractivity contribution in [1.29, 1.82) is 0 Å². The number of ether oxygens (including phenoxy) is 1. The second kappa shape index (κ2) is 7.13. The first kappa shape index (κ1) is 17.3. The Hall–Kier alpha value is -2.57. The van der Waals surface area contributed by atoms with Crippen molar-refractivity contribution in [2.45, 2.75) is 32.3 Å². The van der Waals surface area contributed by atoms with Crippen LogP contribution in [0.3, 0.4) is 0 Å². The number of carbonyl (C=O) groups excluding carboxylic acids is 1. The average Bonchev–Trinajstić information content (AvgIpc) is 3.24. The minimum Gasteiger partial charge on any atom is -0.485 e. The highest BCUT2D eigenvalue weighted by molar-refractivity contribution is 5.92. The lowest BCUT2D eigenvalue weighted by Crippen LogP contribution is -2.31. The fourth-order valence-electron chi connectivity index (χ4n) is 2.90. The zero-order valence-corrected chi connectivity index (χ0v) is 15.2. The van der Waals surface area contributed by atoms with Gasteiger partial charge in [-0.25, -0.2) is 4.98 Å². The summed E-state index contributed by atoms with van der Waals surface area (Å²) in [5, 5.41) is 7.09. The molecular formula is C18H25N5O2. The quantitative estimate of drug-likeness (QED) is 0.901. The molecule has 1 saturated heterocycles. The first-order valence-corrected chi connectivity index (χ1v) is 8.59. The van der Waals surface area contributed by atoms with Gasteiger partial charge in [0.05, 0.1) is 6.54 Å². The molecule has 25 heavy (non-hydrogen) atoms. The summed E-state index contributed by atoms with van der Waals surface area (Å²) in [6.07, 6.45) is 2.52. The molecule has 1 aliphatic heterocycles. The average molecular weight is 343 g/mol. The molecule has 1 atom stereocenters. The largest absolute Gasteiger partial charge is 0.485 e. The van der Waals surface area contributed by atoms with Crippen LogP contribution in [0, 0.1) is 0 Å². The summed E-state index contributed by atoms with van der Waals surface area (Å²) in [6, 6.07) is 5.61. The summed E-state index contributed by atoms with van der Waals surface area (Å²) in [5.74, 6) is 1.81. The highest BCUT2D eigenvalue weighted by Gasteiger charge is 2.30. The highest BCUT2D eigenvalue weighted by Crippen LogP contribution is 2.27. The Bertz CT molecular complexity index is 741. The number of anilines is 1. The summed E-state index contributed by atoms with van der Waals surface area (Å²) in [4.78, 5) is 20.7. The molecule has 2 aromatic heterocycles. The number of carbonyl (C=O) groups is 1. The molecule has 1 fully saturated rings. The zero-order chi connectivity index (χ0) is 18.0. The monoisotopic (exact) mass is 343 g/mol. The van der Waals surface area contributed by atoms with E-state index in [1.54, 1.807) is 11.1 Å². The standard InChI is InChI=1S/C18H25N5O2/c1-12(2)14-10-15(21-20-14)18(24)23-9-7-13(11-23)25-16-6-5-8-19-17(16)22(3)4/h5-6,8,10,12-13H,7,9,11H2,1-4H3,(H,20,21). The zero-order valence-electron chi connectivity index (χ0n) is 15.2. The van der Waals surface area contributed by atoms with Crippen LogP contribution in [-0.2, 0) is 0 Å². The maximum absolute atomic E-state index is 12.6. The van der Waals surface area contributed by atoms with Crippen molar-refractivity contribution < 1.29 is 9.53 Å². The van der Waals surface area contributed by atoms with E-state index in [0.29, 0.717) is 24.7 Å². The molecule has 0 aliphatic carbocycles. The van der Waals surface area contributed by atoms with Crippen LogP contribution in [0.5, 0.6) is 5.75 Å². The van der Waals surface area contributed by atoms with Crippen LogP contribution in [0.1, 0.15) is 42.4 Å². The first-order chi connectivity index (χ1) is 12.0. The van der Waals surface area contributed by atoms with Gasteiger partial charge in [0, 0.05) is 39.0 Å². The summed E-state index contributed by atoms with van der Waals surface area (Å²) in [5.41, 5.74) is 1.45. The van der Waals surface area contributed by atoms with Crippen molar-refractivity contribution in [3.05, 3.63) is 35.8 Å². The maximum Gasteiger partial charge on any atom is 0.274 e. The Labute approximate surface area is 148 Å². The van der Waals surface area contributed by atoms with Crippen LogP contribution in [0.25, 0.3) is 0 Å². The van der Waals surface area contributed by atoms with E-state index in [1.165, 1.54) is 0 Å². The molecule has 0 radical (unpaired) electrons. The predicted octanol–water partition coefficient (Wildman–Crippen LogP) is 2.29. The SMILES string of the molecule is CC(C)c1cc(C(=O)N2CCC(Oc3cccnc3N(C)C)C2)n[nH]1. The molecule has 1 amide bonds. The first-order valence-electron chi connectivity index (χ1n) is 8.59. The van der Waals surface area contributed by atoms with Crippen LogP contribution in [0.4, 0.5) is 5.82 Å². The van der Waals surface area contributed by atoms with E-state index >= 15 is 0 Å². The second-order valence-corrected chi connectivity index (χ2v) is 6.86. The molecule has 0 bridgehead atoms. The fraction of sp³-hybridized carbons (Fsp3) is 0.500. The lowest BCUT2D eigenvalue weighted by Gasteiger charge is -2.20. The number of hydrogen-bond acceptors (Lipinski definition) is 5. The number of hydrogen-bond donors (Lipinski definition) is 1. The Morgan fingerprint density at radius 1 is 1.44 bits per heavy atom. The summed E-state index contributed by atoms with van der Waals surface area (Å²) in [7, 11) is 3.87. The molecule has 0 spiro atoms. The van der Waals surface area contributed by atoms with Gasteiger partial charge in [-0.15, -0.1) is 0 Å². The molecular weight excluding hydrogens is 318 g/mol. The van der Waals surface area contributed by atoms with E-state index in [1.807, 2.05) is 37.2 Å². The van der Waals surface area contributed by atoms with Crippen molar-refractivity contribution in [3.8, 4) is 5.75 Å². The number of likely N-dealkylation sites (tertiary alicyclic amines) is 1. The van der Waals surface area contributed by atoms with Gasteiger partial charge in [-0.05, 0) is 24.1 Å². The van der Waals surface area contributed by atoms with Gasteiger partial charge >= 0.3 is 0 Å². The minimum atomic E-state index is -0.0479. The molecule has 7 nitrogen and oxygen atoms in total. The van der Waals surface area contributed by atoms with Gasteiger partial charge in [-0.3, -0.25) is 9.89 Å². The summed E-state index contributed by atoms with van der Waals surface area (Å²) in [6.45, 7) is 5.37. The molecule has 134 valence electrons. The predicted molar refractivity (Wildman–Crippen MR) is 96.2 cm³/mol. The third-order valence-electron chi connectivity index (χ3n) is 4.34. The van der Waals surface area contributed by atoms with Gasteiger partial charge < -0.3 is 14.5 Å². The van der Waals surface area contributed by atoms with Crippen LogP contribution in [0.15, 0.2) is 24.4 Å². The van der Waals surface area contributed by atoms with E-state index in [2.05, 4.69) is 29.0 Å². The summed E-state index contributed by atoms with van der Waals surface area (Å²) < 4.78 is 6.10. The third kappa shape index (κ3) is 3.75. The van der Waals surface area contributed by atoms with E-state index in [9.17, 15) is 4.79 Å². The molecule has 3 heterocycles. The number of pyridine rings is 1. The van der Waals surface area contributed by atoms with Gasteiger partial charge in [0.25, 0.3) is 5.91 Å². The number of H-pyrrole nitrogens is 1. The van der Waals surface area contributed by atoms with Gasteiger partial charge in [-0.2, -0.15) is 5.10 Å². The third-order valence-corrected chi connectivity index (χ3v) is 4.34. The number of rotatable bonds is 5. The normalized spacial score (nSPS) is 17.2. The Morgan fingerprint density at radius 3 is 2.92 bits per heavy atom. The molecule has 1 aliphatic rings. The van der Waals surface area contributed by atoms with Crippen LogP contribution in [0.2, 0.25) is 0 Å². The van der Waals surface area contributed by atoms with Crippen molar-refractivity contribution in [2.75, 3.05) is 32.1 Å². The fourth-order valence-corrected chi connectivity index (χ4v) is 2.90. The number of amides is 1. The molecule has 1 N–H and O–H groups in total. The summed E-state index contributed by atoms with van der Waals surface area (Å²) >= 11 is 0. The lowest BCUT2D eigenvalue weighted by molar-refractivity contribution is 0.0766. The van der Waals surface area contributed by atoms with Crippen molar-refractivity contribution in [2.24, 2.45) is 0 Å². The minimum absolute atomic E-state index is 0.0321. The number of nitrogens with zero attached hydrogens (tertiary/aromatic N) is 4. The molecule has 7 heteroatoms. The van der Waals surface area contributed by atoms with Crippen LogP contribution >= 0.6 is 0 Å². The van der Waals surface area contributed by atoms with Crippen LogP contribution in [-0.4, -0.2) is 59.3 Å². The van der Waals surface area contributed by atoms with E-state index in [4.69, 9.17) is 4.74 Å². The molecule has 0 aromatic carbocycles. The topological polar surface area (TPSA) is 74.4 Å². The lowest BCUT2D eigenvalue weighted by atomic mass is 10.1. The maximum atomic E-state index is 12.6. The van der Waals surface area contributed by atoms with Gasteiger partial charge in [0.15, 0.2) is 11.6 Å². The van der Waals surface area contributed by atoms with Crippen molar-refractivity contribution >= 4 is 11.7 Å². The number of nitrogens with one attached hydrogen (secondary N) is 1. The van der Waals surface area contributed by atoms with E-state index < -0.39 is 0 Å². The van der Waals surface area contributed by atoms with Gasteiger partial charge in [0.1, 0.15) is 11.8 Å². The highest BCUT2D eigenvalue weighted by atomic mass is 16.5. The molecule has 2 aromatic rings. The molecule has 3 rings (SSSR count). The van der Waals surface area contributed by atoms with Gasteiger partial charge in [-0.1, -0.05) is 13.8 Å². The molecule has 1 unspecified atom stereocenters. The Morgan fingerprint density at radius 2 is 2.24 bits per heavy atom. The Kier molecular flexibility index (Phi) is 4.92. The number of aromatic amines is 1. The Balaban J connectivity index is 1.64. The van der Waals surface area contributed by atoms with E-state index in [-0.39, 0.29) is 12.0 Å². The van der Waals surface area contributed by atoms with Crippen molar-refractivity contribution in [3.63, 3.8) is 0 Å². The molecule has 0 saturated carbocycles. The van der Waals surface area contributed by atoms with E-state index in [0.717, 1.165) is 23.7 Å². The smallest absolute Gasteiger partial charge is 0.274 e. The van der Waals surface area contributed by atoms with Gasteiger partial charge in [0.2, 0.25) is 0 Å².